The van der Waals surface area contributed by atoms with Gasteiger partial charge in [-0.3, -0.25) is 0 Å². The van der Waals surface area contributed by atoms with Crippen molar-refractivity contribution in [1.29, 1.82) is 0 Å². The molecule has 0 aliphatic rings. The van der Waals surface area contributed by atoms with Crippen LogP contribution in [0.15, 0.2) is 6.07 Å². The van der Waals surface area contributed by atoms with E-state index in [0.717, 1.165) is 21.6 Å². The largest absolute Gasteiger partial charge is 0.370 e. The summed E-state index contributed by atoms with van der Waals surface area (Å²) in [5.74, 6) is 0.829. The molecule has 0 atom stereocenters. The molecule has 2 aromatic rings. The Morgan fingerprint density at radius 1 is 1.50 bits per heavy atom. The molecule has 2 rings (SSSR count). The number of thiophene rings is 1. The Morgan fingerprint density at radius 3 is 2.93 bits per heavy atom. The van der Waals surface area contributed by atoms with Crippen molar-refractivity contribution in [2.24, 2.45) is 5.73 Å². The number of rotatable bonds is 2. The lowest BCUT2D eigenvalue weighted by molar-refractivity contribution is 0.921. The highest BCUT2D eigenvalue weighted by Gasteiger charge is 2.09. The molecular weight excluding hydrogens is 196 g/mol. The van der Waals surface area contributed by atoms with Gasteiger partial charge in [0.25, 0.3) is 0 Å². The highest BCUT2D eigenvalue weighted by Crippen LogP contribution is 2.31. The van der Waals surface area contributed by atoms with Crippen LogP contribution in [0.1, 0.15) is 10.6 Å². The van der Waals surface area contributed by atoms with Crippen LogP contribution >= 0.6 is 11.3 Å². The fourth-order valence-electron chi connectivity index (χ4n) is 1.43. The molecule has 0 saturated carbocycles. The summed E-state index contributed by atoms with van der Waals surface area (Å²) in [5, 5.41) is 12.3. The highest BCUT2D eigenvalue weighted by atomic mass is 32.1. The lowest BCUT2D eigenvalue weighted by Crippen LogP contribution is -2.03. The maximum Gasteiger partial charge on any atom is 0.166 e. The summed E-state index contributed by atoms with van der Waals surface area (Å²) in [4.78, 5) is 1.25. The summed E-state index contributed by atoms with van der Waals surface area (Å²) in [5.41, 5.74) is 6.46. The molecule has 74 valence electrons. The van der Waals surface area contributed by atoms with Crippen LogP contribution in [0.5, 0.6) is 0 Å². The molecule has 2 aromatic heterocycles. The van der Waals surface area contributed by atoms with Gasteiger partial charge in [0, 0.05) is 23.9 Å². The van der Waals surface area contributed by atoms with Gasteiger partial charge in [-0.2, -0.15) is 5.10 Å². The summed E-state index contributed by atoms with van der Waals surface area (Å²) in [6.07, 6.45) is 0. The van der Waals surface area contributed by atoms with Crippen LogP contribution in [0.3, 0.4) is 0 Å². The summed E-state index contributed by atoms with van der Waals surface area (Å²) >= 11 is 1.71. The molecule has 0 radical (unpaired) electrons. The van der Waals surface area contributed by atoms with Crippen LogP contribution in [0.2, 0.25) is 0 Å². The fraction of sp³-hybridized carbons (Fsp3) is 0.333. The van der Waals surface area contributed by atoms with E-state index in [4.69, 9.17) is 5.73 Å². The quantitative estimate of drug-likeness (QED) is 0.785. The lowest BCUT2D eigenvalue weighted by Gasteiger charge is -2.02. The molecule has 0 amide bonds. The Hall–Kier alpha value is -1.20. The average Bonchev–Trinajstić information content (AvgIpc) is 2.57. The smallest absolute Gasteiger partial charge is 0.166 e. The molecule has 0 aliphatic heterocycles. The van der Waals surface area contributed by atoms with Gasteiger partial charge in [-0.05, 0) is 13.0 Å². The standard InChI is InChI=1S/C9H12N4S/c1-5-3-6-7(4-10)12-13-9(11-2)8(6)14-5/h3H,4,10H2,1-2H3,(H,11,13). The second-order valence-electron chi connectivity index (χ2n) is 3.05. The molecule has 14 heavy (non-hydrogen) atoms. The molecule has 0 bridgehead atoms. The molecule has 0 aliphatic carbocycles. The molecule has 0 fully saturated rings. The van der Waals surface area contributed by atoms with Gasteiger partial charge in [0.05, 0.1) is 10.4 Å². The first kappa shape index (κ1) is 9.36. The predicted octanol–water partition coefficient (Wildman–Crippen LogP) is 1.50. The molecule has 0 saturated heterocycles. The topological polar surface area (TPSA) is 63.8 Å². The van der Waals surface area contributed by atoms with Crippen LogP contribution in [0.25, 0.3) is 10.1 Å². The zero-order chi connectivity index (χ0) is 10.1. The van der Waals surface area contributed by atoms with E-state index in [9.17, 15) is 0 Å². The van der Waals surface area contributed by atoms with Crippen LogP contribution in [0, 0.1) is 6.92 Å². The van der Waals surface area contributed by atoms with Crippen molar-refractivity contribution in [2.75, 3.05) is 12.4 Å². The number of hydrogen-bond acceptors (Lipinski definition) is 5. The number of nitrogens with one attached hydrogen (secondary N) is 1. The Labute approximate surface area is 86.1 Å². The maximum atomic E-state index is 5.60. The molecule has 0 spiro atoms. The van der Waals surface area contributed by atoms with E-state index in [1.165, 1.54) is 4.88 Å². The Bertz CT molecular complexity index is 422. The van der Waals surface area contributed by atoms with Gasteiger partial charge in [-0.25, -0.2) is 0 Å². The number of anilines is 1. The molecule has 5 heteroatoms. The van der Waals surface area contributed by atoms with Crippen molar-refractivity contribution in [3.05, 3.63) is 16.6 Å². The predicted molar refractivity (Wildman–Crippen MR) is 59.6 cm³/mol. The first-order valence-electron chi connectivity index (χ1n) is 4.39. The lowest BCUT2D eigenvalue weighted by atomic mass is 10.2. The fourth-order valence-corrected chi connectivity index (χ4v) is 2.45. The van der Waals surface area contributed by atoms with Gasteiger partial charge in [0.1, 0.15) is 0 Å². The van der Waals surface area contributed by atoms with Crippen LogP contribution in [0.4, 0.5) is 5.82 Å². The van der Waals surface area contributed by atoms with Crippen molar-refractivity contribution < 1.29 is 0 Å². The zero-order valence-corrected chi connectivity index (χ0v) is 8.98. The maximum absolute atomic E-state index is 5.60. The number of aromatic nitrogens is 2. The average molecular weight is 208 g/mol. The van der Waals surface area contributed by atoms with E-state index in [2.05, 4.69) is 28.5 Å². The summed E-state index contributed by atoms with van der Waals surface area (Å²) in [7, 11) is 1.85. The minimum absolute atomic E-state index is 0.434. The van der Waals surface area contributed by atoms with Gasteiger partial charge in [-0.15, -0.1) is 16.4 Å². The number of hydrogen-bond donors (Lipinski definition) is 2. The van der Waals surface area contributed by atoms with Crippen molar-refractivity contribution in [2.45, 2.75) is 13.5 Å². The van der Waals surface area contributed by atoms with Crippen LogP contribution in [-0.2, 0) is 6.54 Å². The van der Waals surface area contributed by atoms with E-state index in [0.29, 0.717) is 6.54 Å². The molecule has 0 aromatic carbocycles. The number of nitrogens with two attached hydrogens (primary N) is 1. The Kier molecular flexibility index (Phi) is 2.35. The molecule has 3 N–H and O–H groups in total. The number of nitrogens with zero attached hydrogens (tertiary/aromatic N) is 2. The van der Waals surface area contributed by atoms with Gasteiger partial charge in [-0.1, -0.05) is 0 Å². The van der Waals surface area contributed by atoms with Crippen molar-refractivity contribution in [1.82, 2.24) is 10.2 Å². The normalized spacial score (nSPS) is 10.8. The van der Waals surface area contributed by atoms with Gasteiger partial charge >= 0.3 is 0 Å². The van der Waals surface area contributed by atoms with Gasteiger partial charge < -0.3 is 11.1 Å². The van der Waals surface area contributed by atoms with E-state index in [1.54, 1.807) is 11.3 Å². The Morgan fingerprint density at radius 2 is 2.29 bits per heavy atom. The first-order chi connectivity index (χ1) is 6.76. The Balaban J connectivity index is 2.77. The summed E-state index contributed by atoms with van der Waals surface area (Å²) in [6.45, 7) is 2.51. The van der Waals surface area contributed by atoms with E-state index in [1.807, 2.05) is 7.05 Å². The third-order valence-corrected chi connectivity index (χ3v) is 3.14. The highest BCUT2D eigenvalue weighted by molar-refractivity contribution is 7.19. The molecule has 0 unspecified atom stereocenters. The summed E-state index contributed by atoms with van der Waals surface area (Å²) < 4.78 is 1.14. The van der Waals surface area contributed by atoms with Gasteiger partial charge in [0.15, 0.2) is 5.82 Å². The van der Waals surface area contributed by atoms with Gasteiger partial charge in [0.2, 0.25) is 0 Å². The number of aryl methyl sites for hydroxylation is 1. The van der Waals surface area contributed by atoms with Crippen molar-refractivity contribution in [3.63, 3.8) is 0 Å². The van der Waals surface area contributed by atoms with Crippen molar-refractivity contribution >= 4 is 27.2 Å². The third-order valence-electron chi connectivity index (χ3n) is 2.08. The van der Waals surface area contributed by atoms with Crippen molar-refractivity contribution in [3.8, 4) is 0 Å². The van der Waals surface area contributed by atoms with E-state index in [-0.39, 0.29) is 0 Å². The van der Waals surface area contributed by atoms with E-state index < -0.39 is 0 Å². The van der Waals surface area contributed by atoms with E-state index >= 15 is 0 Å². The van der Waals surface area contributed by atoms with Crippen LogP contribution in [-0.4, -0.2) is 17.2 Å². The molecule has 2 heterocycles. The summed E-state index contributed by atoms with van der Waals surface area (Å²) in [6, 6.07) is 2.11. The number of fused-ring (bicyclic) bond motifs is 1. The first-order valence-corrected chi connectivity index (χ1v) is 5.21. The molecule has 4 nitrogen and oxygen atoms in total. The second-order valence-corrected chi connectivity index (χ2v) is 4.31. The SMILES string of the molecule is CNc1nnc(CN)c2cc(C)sc12. The second kappa shape index (κ2) is 3.51. The third kappa shape index (κ3) is 1.34. The minimum Gasteiger partial charge on any atom is -0.370 e. The molecular formula is C9H12N4S. The van der Waals surface area contributed by atoms with Crippen LogP contribution < -0.4 is 11.1 Å². The minimum atomic E-state index is 0.434. The monoisotopic (exact) mass is 208 g/mol. The zero-order valence-electron chi connectivity index (χ0n) is 8.16.